The molecule has 0 saturated carbocycles. The number of halogens is 2. The summed E-state index contributed by atoms with van der Waals surface area (Å²) in [5.74, 6) is 0.879. The zero-order valence-corrected chi connectivity index (χ0v) is 11.0. The van der Waals surface area contributed by atoms with Crippen molar-refractivity contribution in [2.75, 3.05) is 13.2 Å². The lowest BCUT2D eigenvalue weighted by Gasteiger charge is -2.05. The Kier molecular flexibility index (Phi) is 7.63. The summed E-state index contributed by atoms with van der Waals surface area (Å²) in [5.41, 5.74) is 6.38. The zero-order chi connectivity index (χ0) is 10.5. The summed E-state index contributed by atoms with van der Waals surface area (Å²) in [6.45, 7) is 1.33. The number of nitrogens with two attached hydrogens (primary N) is 1. The molecule has 0 amide bonds. The zero-order valence-electron chi connectivity index (χ0n) is 9.33. The molecule has 3 nitrogen and oxygen atoms in total. The van der Waals surface area contributed by atoms with Gasteiger partial charge in [-0.05, 0) is 37.2 Å². The Bertz CT molecular complexity index is 451. The van der Waals surface area contributed by atoms with Gasteiger partial charge in [-0.2, -0.15) is 0 Å². The van der Waals surface area contributed by atoms with Gasteiger partial charge >= 0.3 is 0 Å². The Morgan fingerprint density at radius 3 is 2.76 bits per heavy atom. The second kappa shape index (κ2) is 8.12. The van der Waals surface area contributed by atoms with E-state index in [1.165, 1.54) is 0 Å². The number of hydrogen-bond acceptors (Lipinski definition) is 3. The second-order valence-electron chi connectivity index (χ2n) is 3.35. The van der Waals surface area contributed by atoms with Gasteiger partial charge in [0.15, 0.2) is 0 Å². The van der Waals surface area contributed by atoms with Crippen molar-refractivity contribution in [1.29, 1.82) is 0 Å². The van der Waals surface area contributed by atoms with Crippen molar-refractivity contribution in [3.05, 3.63) is 36.5 Å². The first-order valence-corrected chi connectivity index (χ1v) is 5.08. The summed E-state index contributed by atoms with van der Waals surface area (Å²) >= 11 is 0. The molecule has 1 heterocycles. The smallest absolute Gasteiger partial charge is 0.120 e. The van der Waals surface area contributed by atoms with Gasteiger partial charge in [0.2, 0.25) is 0 Å². The van der Waals surface area contributed by atoms with E-state index in [0.29, 0.717) is 13.2 Å². The largest absolute Gasteiger partial charge is 0.494 e. The maximum absolute atomic E-state index is 5.55. The third kappa shape index (κ3) is 4.38. The van der Waals surface area contributed by atoms with E-state index in [1.807, 2.05) is 30.3 Å². The summed E-state index contributed by atoms with van der Waals surface area (Å²) in [4.78, 5) is 4.24. The molecular formula is C12H16Cl2N2O. The molecule has 2 aromatic rings. The molecule has 0 atom stereocenters. The Morgan fingerprint density at radius 2 is 2.00 bits per heavy atom. The van der Waals surface area contributed by atoms with Gasteiger partial charge in [-0.15, -0.1) is 24.8 Å². The lowest BCUT2D eigenvalue weighted by Crippen LogP contribution is -2.05. The van der Waals surface area contributed by atoms with Gasteiger partial charge in [0, 0.05) is 11.6 Å². The van der Waals surface area contributed by atoms with Gasteiger partial charge in [0.25, 0.3) is 0 Å². The Balaban J connectivity index is 0.00000128. The van der Waals surface area contributed by atoms with Gasteiger partial charge in [-0.25, -0.2) is 0 Å². The van der Waals surface area contributed by atoms with Gasteiger partial charge in [0.1, 0.15) is 5.75 Å². The topological polar surface area (TPSA) is 48.1 Å². The standard InChI is InChI=1S/C12H14N2O.2ClH/c13-6-2-8-15-11-4-5-12-10(9-11)3-1-7-14-12;;/h1,3-5,7,9H,2,6,8,13H2;2*1H. The van der Waals surface area contributed by atoms with Crippen LogP contribution in [0.15, 0.2) is 36.5 Å². The number of hydrogen-bond donors (Lipinski definition) is 1. The molecule has 0 unspecified atom stereocenters. The summed E-state index contributed by atoms with van der Waals surface area (Å²) in [6, 6.07) is 9.85. The van der Waals surface area contributed by atoms with E-state index < -0.39 is 0 Å². The number of rotatable bonds is 4. The minimum atomic E-state index is 0. The van der Waals surface area contributed by atoms with Crippen LogP contribution >= 0.6 is 24.8 Å². The molecule has 2 N–H and O–H groups in total. The average Bonchev–Trinajstić information content (AvgIpc) is 2.29. The first kappa shape index (κ1) is 16.0. The number of fused-ring (bicyclic) bond motifs is 1. The highest BCUT2D eigenvalue weighted by Crippen LogP contribution is 2.18. The van der Waals surface area contributed by atoms with Crippen LogP contribution in [0.1, 0.15) is 6.42 Å². The summed E-state index contributed by atoms with van der Waals surface area (Å²) in [7, 11) is 0. The van der Waals surface area contributed by atoms with Crippen molar-refractivity contribution in [2.24, 2.45) is 5.73 Å². The van der Waals surface area contributed by atoms with Crippen LogP contribution < -0.4 is 10.5 Å². The molecule has 0 aliphatic heterocycles. The molecule has 94 valence electrons. The van der Waals surface area contributed by atoms with Crippen LogP contribution in [0.5, 0.6) is 5.75 Å². The third-order valence-electron chi connectivity index (χ3n) is 2.19. The number of ether oxygens (including phenoxy) is 1. The Labute approximate surface area is 113 Å². The maximum atomic E-state index is 5.55. The monoisotopic (exact) mass is 274 g/mol. The van der Waals surface area contributed by atoms with E-state index in [-0.39, 0.29) is 24.8 Å². The van der Waals surface area contributed by atoms with Crippen LogP contribution in [-0.2, 0) is 0 Å². The summed E-state index contributed by atoms with van der Waals surface area (Å²) < 4.78 is 5.55. The van der Waals surface area contributed by atoms with Crippen molar-refractivity contribution in [1.82, 2.24) is 4.98 Å². The van der Waals surface area contributed by atoms with Crippen molar-refractivity contribution < 1.29 is 4.74 Å². The highest BCUT2D eigenvalue weighted by atomic mass is 35.5. The van der Waals surface area contributed by atoms with Gasteiger partial charge in [0.05, 0.1) is 12.1 Å². The minimum absolute atomic E-state index is 0. The van der Waals surface area contributed by atoms with E-state index in [2.05, 4.69) is 4.98 Å². The third-order valence-corrected chi connectivity index (χ3v) is 2.19. The number of pyridine rings is 1. The predicted octanol–water partition coefficient (Wildman–Crippen LogP) is 2.81. The highest BCUT2D eigenvalue weighted by molar-refractivity contribution is 5.85. The highest BCUT2D eigenvalue weighted by Gasteiger charge is 1.97. The Hall–Kier alpha value is -1.03. The molecule has 5 heteroatoms. The van der Waals surface area contributed by atoms with Crippen molar-refractivity contribution >= 4 is 35.7 Å². The fraction of sp³-hybridized carbons (Fsp3) is 0.250. The number of nitrogens with zero attached hydrogens (tertiary/aromatic N) is 1. The SMILES string of the molecule is Cl.Cl.NCCCOc1ccc2ncccc2c1. The van der Waals surface area contributed by atoms with Crippen LogP contribution in [0.25, 0.3) is 10.9 Å². The maximum Gasteiger partial charge on any atom is 0.120 e. The predicted molar refractivity (Wildman–Crippen MR) is 75.4 cm³/mol. The molecule has 2 rings (SSSR count). The quantitative estimate of drug-likeness (QED) is 0.873. The summed E-state index contributed by atoms with van der Waals surface area (Å²) in [6.07, 6.45) is 2.67. The summed E-state index contributed by atoms with van der Waals surface area (Å²) in [5, 5.41) is 1.10. The molecule has 0 spiro atoms. The van der Waals surface area contributed by atoms with Crippen LogP contribution in [0.2, 0.25) is 0 Å². The molecular weight excluding hydrogens is 259 g/mol. The van der Waals surface area contributed by atoms with Crippen LogP contribution in [-0.4, -0.2) is 18.1 Å². The molecule has 0 bridgehead atoms. The van der Waals surface area contributed by atoms with Crippen LogP contribution in [0.4, 0.5) is 0 Å². The minimum Gasteiger partial charge on any atom is -0.494 e. The molecule has 0 fully saturated rings. The van der Waals surface area contributed by atoms with Crippen LogP contribution in [0.3, 0.4) is 0 Å². The van der Waals surface area contributed by atoms with Crippen molar-refractivity contribution in [2.45, 2.75) is 6.42 Å². The number of aromatic nitrogens is 1. The molecule has 0 saturated heterocycles. The molecule has 1 aromatic heterocycles. The van der Waals surface area contributed by atoms with Crippen LogP contribution in [0, 0.1) is 0 Å². The Morgan fingerprint density at radius 1 is 1.18 bits per heavy atom. The van der Waals surface area contributed by atoms with Gasteiger partial charge < -0.3 is 10.5 Å². The van der Waals surface area contributed by atoms with Crippen molar-refractivity contribution in [3.8, 4) is 5.75 Å². The van der Waals surface area contributed by atoms with E-state index in [1.54, 1.807) is 6.20 Å². The van der Waals surface area contributed by atoms with Crippen molar-refractivity contribution in [3.63, 3.8) is 0 Å². The second-order valence-corrected chi connectivity index (χ2v) is 3.35. The number of benzene rings is 1. The first-order valence-electron chi connectivity index (χ1n) is 5.08. The molecule has 0 radical (unpaired) electrons. The lowest BCUT2D eigenvalue weighted by atomic mass is 10.2. The van der Waals surface area contributed by atoms with E-state index in [0.717, 1.165) is 23.1 Å². The van der Waals surface area contributed by atoms with Gasteiger partial charge in [-0.3, -0.25) is 4.98 Å². The fourth-order valence-electron chi connectivity index (χ4n) is 1.42. The molecule has 0 aliphatic rings. The lowest BCUT2D eigenvalue weighted by molar-refractivity contribution is 0.314. The average molecular weight is 275 g/mol. The van der Waals surface area contributed by atoms with E-state index >= 15 is 0 Å². The van der Waals surface area contributed by atoms with E-state index in [4.69, 9.17) is 10.5 Å². The molecule has 1 aromatic carbocycles. The normalized spacial score (nSPS) is 9.24. The molecule has 0 aliphatic carbocycles. The van der Waals surface area contributed by atoms with Gasteiger partial charge in [-0.1, -0.05) is 6.07 Å². The van der Waals surface area contributed by atoms with E-state index in [9.17, 15) is 0 Å². The molecule has 17 heavy (non-hydrogen) atoms. The fourth-order valence-corrected chi connectivity index (χ4v) is 1.42. The first-order chi connectivity index (χ1) is 7.40.